The number of thiophene rings is 1. The molecule has 1 fully saturated rings. The van der Waals surface area contributed by atoms with Crippen LogP contribution in [0.3, 0.4) is 0 Å². The zero-order chi connectivity index (χ0) is 37.8. The summed E-state index contributed by atoms with van der Waals surface area (Å²) >= 11 is 1.34. The van der Waals surface area contributed by atoms with Crippen LogP contribution in [0.15, 0.2) is 87.6 Å². The van der Waals surface area contributed by atoms with E-state index in [0.29, 0.717) is 60.9 Å². The summed E-state index contributed by atoms with van der Waals surface area (Å²) in [6.45, 7) is 2.08. The predicted octanol–water partition coefficient (Wildman–Crippen LogP) is 4.07. The predicted molar refractivity (Wildman–Crippen MR) is 206 cm³/mol. The van der Waals surface area contributed by atoms with E-state index in [1.54, 1.807) is 4.57 Å². The average molecular weight is 756 g/mol. The number of aromatic nitrogens is 2. The molecule has 54 heavy (non-hydrogen) atoms. The van der Waals surface area contributed by atoms with Crippen LogP contribution in [-0.4, -0.2) is 77.5 Å². The number of β-amino-alcohol motifs (C(OH)–C–C–N with tert-alkyl or cyclic N) is 1. The number of hydrogen-bond donors (Lipinski definition) is 4. The fraction of sp³-hybridized carbons (Fsp3) is 0.289. The maximum atomic E-state index is 14.8. The van der Waals surface area contributed by atoms with E-state index in [9.17, 15) is 23.5 Å². The molecule has 1 amide bonds. The number of aliphatic hydroxyl groups is 1. The Bertz CT molecular complexity index is 2270. The number of nitrogen functional groups attached to an aromatic ring is 1. The summed E-state index contributed by atoms with van der Waals surface area (Å²) in [5.74, 6) is -1.48. The van der Waals surface area contributed by atoms with Gasteiger partial charge in [-0.2, -0.15) is 0 Å². The Morgan fingerprint density at radius 3 is 2.63 bits per heavy atom. The van der Waals surface area contributed by atoms with Gasteiger partial charge in [-0.15, -0.1) is 11.3 Å². The van der Waals surface area contributed by atoms with Crippen molar-refractivity contribution < 1.29 is 23.4 Å². The lowest BCUT2D eigenvalue weighted by Gasteiger charge is -2.37. The summed E-state index contributed by atoms with van der Waals surface area (Å²) in [5.41, 5.74) is 12.1. The highest BCUT2D eigenvalue weighted by molar-refractivity contribution is 7.18. The Morgan fingerprint density at radius 1 is 1.07 bits per heavy atom. The molecule has 0 bridgehead atoms. The molecule has 1 saturated heterocycles. The highest BCUT2D eigenvalue weighted by Gasteiger charge is 2.36. The van der Waals surface area contributed by atoms with Gasteiger partial charge < -0.3 is 36.4 Å². The second-order valence-electron chi connectivity index (χ2n) is 13.2. The SMILES string of the molecule is NC=NC=NCC(O)(CN1CCC(C(=O)NCc2cc3c(nc(N)c(=O)n3-c3ccc4c(c3)N(c3ccccc3)CCO4)s2)CC1)c1ccc(F)cc1F. The molecule has 2 aliphatic rings. The molecule has 0 saturated carbocycles. The van der Waals surface area contributed by atoms with E-state index in [1.165, 1.54) is 17.4 Å². The number of anilines is 3. The number of fused-ring (bicyclic) bond motifs is 2. The molecular weight excluding hydrogens is 717 g/mol. The van der Waals surface area contributed by atoms with Gasteiger partial charge in [0.15, 0.2) is 5.82 Å². The van der Waals surface area contributed by atoms with Crippen LogP contribution in [0.4, 0.5) is 26.0 Å². The van der Waals surface area contributed by atoms with Gasteiger partial charge in [-0.05, 0) is 68.4 Å². The van der Waals surface area contributed by atoms with Crippen molar-refractivity contribution >= 4 is 57.5 Å². The van der Waals surface area contributed by atoms with E-state index < -0.39 is 22.8 Å². The molecule has 280 valence electrons. The zero-order valence-electron chi connectivity index (χ0n) is 29.2. The van der Waals surface area contributed by atoms with Gasteiger partial charge in [-0.25, -0.2) is 18.8 Å². The molecule has 2 aromatic heterocycles. The van der Waals surface area contributed by atoms with E-state index in [-0.39, 0.29) is 42.8 Å². The average Bonchev–Trinajstić information content (AvgIpc) is 3.58. The lowest BCUT2D eigenvalue weighted by atomic mass is 9.90. The summed E-state index contributed by atoms with van der Waals surface area (Å²) < 4.78 is 36.0. The number of hydrogen-bond acceptors (Lipinski definition) is 10. The van der Waals surface area contributed by atoms with Crippen LogP contribution in [0.2, 0.25) is 0 Å². The van der Waals surface area contributed by atoms with Crippen molar-refractivity contribution in [3.63, 3.8) is 0 Å². The first-order valence-corrected chi connectivity index (χ1v) is 18.3. The van der Waals surface area contributed by atoms with E-state index in [1.807, 2.05) is 59.5 Å². The molecule has 0 aliphatic carbocycles. The molecule has 1 unspecified atom stereocenters. The molecule has 16 heteroatoms. The third-order valence-electron chi connectivity index (χ3n) is 9.66. The van der Waals surface area contributed by atoms with Crippen LogP contribution >= 0.6 is 11.3 Å². The highest BCUT2D eigenvalue weighted by atomic mass is 32.1. The summed E-state index contributed by atoms with van der Waals surface area (Å²) in [5, 5.41) is 14.6. The van der Waals surface area contributed by atoms with Crippen molar-refractivity contribution in [3.05, 3.63) is 105 Å². The van der Waals surface area contributed by atoms with Crippen LogP contribution in [-0.2, 0) is 16.9 Å². The maximum absolute atomic E-state index is 14.8. The van der Waals surface area contributed by atoms with Crippen LogP contribution in [0.1, 0.15) is 23.3 Å². The first-order valence-electron chi connectivity index (χ1n) is 17.4. The van der Waals surface area contributed by atoms with Crippen molar-refractivity contribution in [3.8, 4) is 11.4 Å². The second-order valence-corrected chi connectivity index (χ2v) is 14.3. The molecule has 13 nitrogen and oxygen atoms in total. The number of nitrogens with one attached hydrogen (secondary N) is 1. The number of rotatable bonds is 11. The summed E-state index contributed by atoms with van der Waals surface area (Å²) in [6.07, 6.45) is 3.20. The van der Waals surface area contributed by atoms with Crippen LogP contribution in [0, 0.1) is 17.6 Å². The standard InChI is InChI=1S/C38H39F2N9O4S/c39-25-6-8-29(30(40)16-25)38(52,20-43-23-44-22-41)21-47-12-10-24(11-13-47)35(50)45-19-28-18-32-36(54-28)46-34(42)37(51)49(32)27-7-9-33-31(17-27)48(14-15-53-33)26-4-2-1-3-5-26/h1-9,16-18,22-24,52H,10-15,19-21H2,(H2,42,46)(H,45,50)(H2,41,43,44). The summed E-state index contributed by atoms with van der Waals surface area (Å²) in [7, 11) is 0. The summed E-state index contributed by atoms with van der Waals surface area (Å²) in [6, 6.07) is 20.4. The first-order chi connectivity index (χ1) is 26.1. The molecule has 4 heterocycles. The largest absolute Gasteiger partial charge is 0.490 e. The second kappa shape index (κ2) is 15.7. The third kappa shape index (κ3) is 7.67. The van der Waals surface area contributed by atoms with Gasteiger partial charge in [0.25, 0.3) is 5.56 Å². The number of piperidine rings is 1. The number of amides is 1. The number of aliphatic imine (C=N–C) groups is 2. The lowest BCUT2D eigenvalue weighted by molar-refractivity contribution is -0.126. The topological polar surface area (TPSA) is 177 Å². The van der Waals surface area contributed by atoms with Crippen LogP contribution in [0.25, 0.3) is 16.0 Å². The number of para-hydroxylation sites is 1. The number of likely N-dealkylation sites (tertiary alicyclic amines) is 1. The number of nitrogens with zero attached hydrogens (tertiary/aromatic N) is 6. The molecule has 5 aromatic rings. The highest BCUT2D eigenvalue weighted by Crippen LogP contribution is 2.39. The molecule has 7 rings (SSSR count). The van der Waals surface area contributed by atoms with E-state index in [2.05, 4.69) is 25.2 Å². The molecular formula is C38H39F2N9O4S. The van der Waals surface area contributed by atoms with Crippen molar-refractivity contribution in [2.45, 2.75) is 25.0 Å². The van der Waals surface area contributed by atoms with Crippen LogP contribution in [0.5, 0.6) is 5.75 Å². The maximum Gasteiger partial charge on any atom is 0.298 e. The Balaban J connectivity index is 1.03. The number of ether oxygens (including phenoxy) is 1. The van der Waals surface area contributed by atoms with Gasteiger partial charge in [0.2, 0.25) is 5.91 Å². The quantitative estimate of drug-likeness (QED) is 0.114. The smallest absolute Gasteiger partial charge is 0.298 e. The van der Waals surface area contributed by atoms with Gasteiger partial charge >= 0.3 is 0 Å². The van der Waals surface area contributed by atoms with Gasteiger partial charge in [0.05, 0.1) is 42.9 Å². The van der Waals surface area contributed by atoms with Crippen LogP contribution < -0.4 is 32.0 Å². The third-order valence-corrected chi connectivity index (χ3v) is 10.7. The Hall–Kier alpha value is -5.71. The van der Waals surface area contributed by atoms with E-state index >= 15 is 0 Å². The molecule has 2 aliphatic heterocycles. The number of benzene rings is 3. The Labute approximate surface area is 313 Å². The van der Waals surface area contributed by atoms with Crippen molar-refractivity contribution in [1.29, 1.82) is 0 Å². The van der Waals surface area contributed by atoms with Gasteiger partial charge in [0, 0.05) is 34.7 Å². The fourth-order valence-corrected chi connectivity index (χ4v) is 7.97. The minimum atomic E-state index is -1.78. The van der Waals surface area contributed by atoms with E-state index in [4.69, 9.17) is 16.2 Å². The van der Waals surface area contributed by atoms with Gasteiger partial charge in [0.1, 0.15) is 40.8 Å². The number of nitrogens with two attached hydrogens (primary N) is 2. The number of carbonyl (C=O) groups excluding carboxylic acids is 1. The molecule has 6 N–H and O–H groups in total. The van der Waals surface area contributed by atoms with Gasteiger partial charge in [-0.3, -0.25) is 19.1 Å². The Morgan fingerprint density at radius 2 is 1.87 bits per heavy atom. The Kier molecular flexibility index (Phi) is 10.7. The number of halogens is 2. The minimum Gasteiger partial charge on any atom is -0.490 e. The molecule has 0 radical (unpaired) electrons. The van der Waals surface area contributed by atoms with Crippen molar-refractivity contribution in [2.24, 2.45) is 21.6 Å². The van der Waals surface area contributed by atoms with E-state index in [0.717, 1.165) is 41.1 Å². The van der Waals surface area contributed by atoms with Crippen molar-refractivity contribution in [1.82, 2.24) is 19.8 Å². The number of carbonyl (C=O) groups is 1. The zero-order valence-corrected chi connectivity index (χ0v) is 30.0. The summed E-state index contributed by atoms with van der Waals surface area (Å²) in [4.78, 5) is 44.4. The molecule has 1 atom stereocenters. The fourth-order valence-electron chi connectivity index (χ4n) is 7.01. The molecule has 0 spiro atoms. The molecule has 3 aromatic carbocycles. The monoisotopic (exact) mass is 755 g/mol. The lowest BCUT2D eigenvalue weighted by Crippen LogP contribution is -2.48. The first kappa shape index (κ1) is 36.6. The normalized spacial score (nSPS) is 16.5. The minimum absolute atomic E-state index is 0.00865. The van der Waals surface area contributed by atoms with Crippen molar-refractivity contribution in [2.75, 3.05) is 50.0 Å². The van der Waals surface area contributed by atoms with Gasteiger partial charge in [-0.1, -0.05) is 24.3 Å².